The summed E-state index contributed by atoms with van der Waals surface area (Å²) in [4.78, 5) is 13.7. The standard InChI is InChI=1S/C13H29N3O/c1-7-12(2,3)16(6)10-8-9-13(4,15-5)11(14)17/h15H,7-10H2,1-6H3,(H2,14,17). The van der Waals surface area contributed by atoms with E-state index in [-0.39, 0.29) is 11.4 Å². The van der Waals surface area contributed by atoms with Crippen LogP contribution in [-0.2, 0) is 4.79 Å². The molecule has 0 spiro atoms. The third-order valence-electron chi connectivity index (χ3n) is 4.16. The Bertz CT molecular complexity index is 253. The fourth-order valence-electron chi connectivity index (χ4n) is 1.61. The molecule has 0 rings (SSSR count). The maximum Gasteiger partial charge on any atom is 0.237 e. The van der Waals surface area contributed by atoms with Gasteiger partial charge in [-0.3, -0.25) is 4.79 Å². The number of hydrogen-bond donors (Lipinski definition) is 2. The minimum atomic E-state index is -0.586. The van der Waals surface area contributed by atoms with Crippen molar-refractivity contribution in [1.29, 1.82) is 0 Å². The van der Waals surface area contributed by atoms with E-state index in [1.807, 2.05) is 6.92 Å². The van der Waals surface area contributed by atoms with Crippen LogP contribution >= 0.6 is 0 Å². The number of carbonyl (C=O) groups is 1. The van der Waals surface area contributed by atoms with E-state index in [4.69, 9.17) is 5.73 Å². The zero-order valence-corrected chi connectivity index (χ0v) is 12.3. The van der Waals surface area contributed by atoms with Crippen molar-refractivity contribution in [3.8, 4) is 0 Å². The summed E-state index contributed by atoms with van der Waals surface area (Å²) < 4.78 is 0. The first kappa shape index (κ1) is 16.4. The van der Waals surface area contributed by atoms with Crippen LogP contribution in [0.5, 0.6) is 0 Å². The Labute approximate surface area is 106 Å². The molecule has 0 radical (unpaired) electrons. The SMILES string of the molecule is CCC(C)(C)N(C)CCCC(C)(NC)C(N)=O. The molecule has 0 aromatic carbocycles. The number of nitrogens with zero attached hydrogens (tertiary/aromatic N) is 1. The Balaban J connectivity index is 4.19. The van der Waals surface area contributed by atoms with Gasteiger partial charge in [0.1, 0.15) is 0 Å². The van der Waals surface area contributed by atoms with Crippen LogP contribution in [0.3, 0.4) is 0 Å². The summed E-state index contributed by atoms with van der Waals surface area (Å²) in [5.74, 6) is -0.280. The maximum absolute atomic E-state index is 11.3. The topological polar surface area (TPSA) is 58.4 Å². The van der Waals surface area contributed by atoms with E-state index in [2.05, 4.69) is 38.0 Å². The lowest BCUT2D eigenvalue weighted by molar-refractivity contribution is -0.123. The molecular formula is C13H29N3O. The van der Waals surface area contributed by atoms with Gasteiger partial charge in [-0.05, 0) is 60.7 Å². The number of nitrogens with two attached hydrogens (primary N) is 1. The van der Waals surface area contributed by atoms with E-state index in [0.717, 1.165) is 25.8 Å². The Kier molecular flexibility index (Phi) is 6.13. The number of carbonyl (C=O) groups excluding carboxylic acids is 1. The lowest BCUT2D eigenvalue weighted by atomic mass is 9.94. The molecule has 0 heterocycles. The van der Waals surface area contributed by atoms with Crippen molar-refractivity contribution >= 4 is 5.91 Å². The Morgan fingerprint density at radius 3 is 2.24 bits per heavy atom. The molecule has 1 atom stereocenters. The van der Waals surface area contributed by atoms with Crippen molar-refractivity contribution in [2.75, 3.05) is 20.6 Å². The highest BCUT2D eigenvalue weighted by Gasteiger charge is 2.29. The average molecular weight is 243 g/mol. The third kappa shape index (κ3) is 4.64. The van der Waals surface area contributed by atoms with E-state index < -0.39 is 5.54 Å². The molecule has 0 aromatic heterocycles. The van der Waals surface area contributed by atoms with Crippen LogP contribution in [0.4, 0.5) is 0 Å². The monoisotopic (exact) mass is 243 g/mol. The number of likely N-dealkylation sites (N-methyl/N-ethyl adjacent to an activating group) is 1. The van der Waals surface area contributed by atoms with E-state index in [1.54, 1.807) is 7.05 Å². The quantitative estimate of drug-likeness (QED) is 0.676. The van der Waals surface area contributed by atoms with Gasteiger partial charge in [-0.15, -0.1) is 0 Å². The Morgan fingerprint density at radius 2 is 1.88 bits per heavy atom. The molecule has 0 saturated heterocycles. The molecule has 3 N–H and O–H groups in total. The van der Waals surface area contributed by atoms with Gasteiger partial charge in [0.2, 0.25) is 5.91 Å². The lowest BCUT2D eigenvalue weighted by Gasteiger charge is -2.35. The first-order valence-corrected chi connectivity index (χ1v) is 6.39. The fraction of sp³-hybridized carbons (Fsp3) is 0.923. The first-order chi connectivity index (χ1) is 7.69. The number of nitrogens with one attached hydrogen (secondary N) is 1. The van der Waals surface area contributed by atoms with Crippen LogP contribution in [0.25, 0.3) is 0 Å². The van der Waals surface area contributed by atoms with Gasteiger partial charge in [-0.1, -0.05) is 6.92 Å². The van der Waals surface area contributed by atoms with Crippen molar-refractivity contribution < 1.29 is 4.79 Å². The Morgan fingerprint density at radius 1 is 1.35 bits per heavy atom. The van der Waals surface area contributed by atoms with Crippen LogP contribution < -0.4 is 11.1 Å². The van der Waals surface area contributed by atoms with Gasteiger partial charge in [0.05, 0.1) is 5.54 Å². The number of primary amides is 1. The third-order valence-corrected chi connectivity index (χ3v) is 4.16. The normalized spacial score (nSPS) is 15.9. The summed E-state index contributed by atoms with van der Waals surface area (Å²) in [6, 6.07) is 0. The van der Waals surface area contributed by atoms with E-state index in [0.29, 0.717) is 0 Å². The highest BCUT2D eigenvalue weighted by atomic mass is 16.1. The van der Waals surface area contributed by atoms with Crippen LogP contribution in [-0.4, -0.2) is 42.5 Å². The van der Waals surface area contributed by atoms with E-state index >= 15 is 0 Å². The van der Waals surface area contributed by atoms with Crippen LogP contribution in [0.2, 0.25) is 0 Å². The molecular weight excluding hydrogens is 214 g/mol. The zero-order valence-electron chi connectivity index (χ0n) is 12.3. The minimum absolute atomic E-state index is 0.211. The predicted molar refractivity (Wildman–Crippen MR) is 72.9 cm³/mol. The van der Waals surface area contributed by atoms with Crippen molar-refractivity contribution in [1.82, 2.24) is 10.2 Å². The summed E-state index contributed by atoms with van der Waals surface area (Å²) >= 11 is 0. The van der Waals surface area contributed by atoms with Crippen molar-refractivity contribution in [2.45, 2.75) is 58.0 Å². The predicted octanol–water partition coefficient (Wildman–Crippen LogP) is 1.35. The lowest BCUT2D eigenvalue weighted by Crippen LogP contribution is -2.52. The summed E-state index contributed by atoms with van der Waals surface area (Å²) in [5, 5.41) is 3.01. The summed E-state index contributed by atoms with van der Waals surface area (Å²) in [6.07, 6.45) is 2.84. The molecule has 0 aromatic rings. The summed E-state index contributed by atoms with van der Waals surface area (Å²) in [6.45, 7) is 9.50. The van der Waals surface area contributed by atoms with Gasteiger partial charge in [0.25, 0.3) is 0 Å². The van der Waals surface area contributed by atoms with Gasteiger partial charge >= 0.3 is 0 Å². The van der Waals surface area contributed by atoms with Gasteiger partial charge in [-0.2, -0.15) is 0 Å². The molecule has 0 saturated carbocycles. The number of amides is 1. The highest BCUT2D eigenvalue weighted by Crippen LogP contribution is 2.18. The van der Waals surface area contributed by atoms with E-state index in [9.17, 15) is 4.79 Å². The molecule has 0 fully saturated rings. The first-order valence-electron chi connectivity index (χ1n) is 6.39. The van der Waals surface area contributed by atoms with Crippen molar-refractivity contribution in [2.24, 2.45) is 5.73 Å². The van der Waals surface area contributed by atoms with Gasteiger partial charge in [-0.25, -0.2) is 0 Å². The molecule has 0 aliphatic heterocycles. The van der Waals surface area contributed by atoms with Crippen LogP contribution in [0, 0.1) is 0 Å². The molecule has 17 heavy (non-hydrogen) atoms. The van der Waals surface area contributed by atoms with Crippen molar-refractivity contribution in [3.63, 3.8) is 0 Å². The van der Waals surface area contributed by atoms with E-state index in [1.165, 1.54) is 0 Å². The summed E-state index contributed by atoms with van der Waals surface area (Å²) in [5.41, 5.74) is 5.02. The molecule has 1 amide bonds. The highest BCUT2D eigenvalue weighted by molar-refractivity contribution is 5.84. The zero-order chi connectivity index (χ0) is 13.7. The maximum atomic E-state index is 11.3. The molecule has 4 nitrogen and oxygen atoms in total. The average Bonchev–Trinajstić information content (AvgIpc) is 2.28. The van der Waals surface area contributed by atoms with Gasteiger partial charge in [0.15, 0.2) is 0 Å². The summed E-state index contributed by atoms with van der Waals surface area (Å²) in [7, 11) is 3.91. The van der Waals surface area contributed by atoms with Gasteiger partial charge in [0, 0.05) is 5.54 Å². The van der Waals surface area contributed by atoms with Crippen LogP contribution in [0.1, 0.15) is 47.0 Å². The second kappa shape index (κ2) is 6.36. The largest absolute Gasteiger partial charge is 0.368 e. The number of hydrogen-bond acceptors (Lipinski definition) is 3. The van der Waals surface area contributed by atoms with Crippen molar-refractivity contribution in [3.05, 3.63) is 0 Å². The molecule has 1 unspecified atom stereocenters. The van der Waals surface area contributed by atoms with Gasteiger partial charge < -0.3 is 16.0 Å². The number of rotatable bonds is 8. The molecule has 0 aliphatic carbocycles. The molecule has 0 aliphatic rings. The second-order valence-electron chi connectivity index (χ2n) is 5.64. The van der Waals surface area contributed by atoms with Crippen LogP contribution in [0.15, 0.2) is 0 Å². The minimum Gasteiger partial charge on any atom is -0.368 e. The Hall–Kier alpha value is -0.610. The smallest absolute Gasteiger partial charge is 0.237 e. The fourth-order valence-corrected chi connectivity index (χ4v) is 1.61. The molecule has 102 valence electrons. The molecule has 0 bridgehead atoms. The second-order valence-corrected chi connectivity index (χ2v) is 5.64. The molecule has 4 heteroatoms.